The molecule has 7 nitrogen and oxygen atoms in total. The van der Waals surface area contributed by atoms with E-state index >= 15 is 0 Å². The minimum absolute atomic E-state index is 0.0297. The van der Waals surface area contributed by atoms with Crippen LogP contribution in [-0.4, -0.2) is 38.3 Å². The van der Waals surface area contributed by atoms with Crippen LogP contribution in [0.5, 0.6) is 0 Å². The highest BCUT2D eigenvalue weighted by atomic mass is 32.2. The van der Waals surface area contributed by atoms with Gasteiger partial charge in [0.15, 0.2) is 5.00 Å². The van der Waals surface area contributed by atoms with Crippen molar-refractivity contribution in [1.29, 1.82) is 0 Å². The summed E-state index contributed by atoms with van der Waals surface area (Å²) in [6.07, 6.45) is 0. The van der Waals surface area contributed by atoms with Gasteiger partial charge in [0.25, 0.3) is 10.0 Å². The molecule has 17 heavy (non-hydrogen) atoms. The molecule has 1 heterocycles. The predicted molar refractivity (Wildman–Crippen MR) is 66.0 cm³/mol. The predicted octanol–water partition coefficient (Wildman–Crippen LogP) is 1.34. The van der Waals surface area contributed by atoms with Crippen LogP contribution in [0.1, 0.15) is 6.92 Å². The zero-order valence-corrected chi connectivity index (χ0v) is 11.3. The fraction of sp³-hybridized carbons (Fsp3) is 0.500. The fourth-order valence-electron chi connectivity index (χ4n) is 1.12. The van der Waals surface area contributed by atoms with Gasteiger partial charge >= 0.3 is 5.69 Å². The quantitative estimate of drug-likeness (QED) is 0.648. The van der Waals surface area contributed by atoms with E-state index in [1.54, 1.807) is 6.92 Å². The molecule has 0 aliphatic heterocycles. The number of thiophene rings is 1. The minimum atomic E-state index is -3.63. The maximum absolute atomic E-state index is 12.0. The van der Waals surface area contributed by atoms with Gasteiger partial charge in [0.1, 0.15) is 4.21 Å². The van der Waals surface area contributed by atoms with Crippen molar-refractivity contribution in [2.75, 3.05) is 26.0 Å². The normalized spacial score (nSPS) is 11.8. The molecule has 0 bridgehead atoms. The average Bonchev–Trinajstić information content (AvgIpc) is 2.72. The van der Waals surface area contributed by atoms with Crippen molar-refractivity contribution in [3.8, 4) is 0 Å². The van der Waals surface area contributed by atoms with Crippen molar-refractivity contribution in [1.82, 2.24) is 4.31 Å². The molecule has 0 spiro atoms. The van der Waals surface area contributed by atoms with Crippen molar-refractivity contribution >= 4 is 32.0 Å². The molecular formula is C8H13N3O4S2. The van der Waals surface area contributed by atoms with Crippen molar-refractivity contribution in [3.05, 3.63) is 16.2 Å². The number of nitrogens with one attached hydrogen (secondary N) is 1. The van der Waals surface area contributed by atoms with Crippen LogP contribution in [-0.2, 0) is 10.0 Å². The first-order valence-electron chi connectivity index (χ1n) is 4.76. The van der Waals surface area contributed by atoms with E-state index in [1.807, 2.05) is 0 Å². The summed E-state index contributed by atoms with van der Waals surface area (Å²) in [5, 5.41) is 13.6. The van der Waals surface area contributed by atoms with E-state index < -0.39 is 14.9 Å². The molecule has 0 aliphatic rings. The first-order valence-corrected chi connectivity index (χ1v) is 7.02. The molecule has 0 aliphatic carbocycles. The third-order valence-corrected chi connectivity index (χ3v) is 5.75. The van der Waals surface area contributed by atoms with Gasteiger partial charge in [0.2, 0.25) is 0 Å². The lowest BCUT2D eigenvalue weighted by Gasteiger charge is -2.12. The van der Waals surface area contributed by atoms with E-state index in [1.165, 1.54) is 14.1 Å². The summed E-state index contributed by atoms with van der Waals surface area (Å²) in [5.74, 6) is 0. The van der Waals surface area contributed by atoms with Crippen molar-refractivity contribution in [2.24, 2.45) is 0 Å². The number of hydrogen-bond donors (Lipinski definition) is 1. The summed E-state index contributed by atoms with van der Waals surface area (Å²) >= 11 is 0.856. The molecule has 0 radical (unpaired) electrons. The minimum Gasteiger partial charge on any atom is -0.374 e. The highest BCUT2D eigenvalue weighted by molar-refractivity contribution is 7.91. The Labute approximate surface area is 103 Å². The average molecular weight is 279 g/mol. The van der Waals surface area contributed by atoms with Crippen molar-refractivity contribution in [3.63, 3.8) is 0 Å². The van der Waals surface area contributed by atoms with Crippen LogP contribution in [0, 0.1) is 10.1 Å². The molecule has 1 aromatic rings. The molecule has 0 atom stereocenters. The molecular weight excluding hydrogens is 266 g/mol. The summed E-state index contributed by atoms with van der Waals surface area (Å²) in [6.45, 7) is 2.00. The maximum atomic E-state index is 12.0. The SMILES string of the molecule is CCN(C)S(=O)(=O)c1cc([N+](=O)[O-])c(NC)s1. The number of anilines is 1. The molecule has 0 saturated heterocycles. The number of rotatable bonds is 5. The number of sulfonamides is 1. The Balaban J connectivity index is 3.30. The number of hydrogen-bond acceptors (Lipinski definition) is 6. The Bertz CT molecular complexity index is 523. The summed E-state index contributed by atoms with van der Waals surface area (Å²) < 4.78 is 25.0. The molecule has 0 amide bonds. The summed E-state index contributed by atoms with van der Waals surface area (Å²) in [7, 11) is -0.684. The largest absolute Gasteiger partial charge is 0.374 e. The summed E-state index contributed by atoms with van der Waals surface area (Å²) in [4.78, 5) is 10.1. The summed E-state index contributed by atoms with van der Waals surface area (Å²) in [6, 6.07) is 1.08. The van der Waals surface area contributed by atoms with Crippen LogP contribution < -0.4 is 5.32 Å². The van der Waals surface area contributed by atoms with E-state index in [0.29, 0.717) is 6.54 Å². The van der Waals surface area contributed by atoms with Gasteiger partial charge in [-0.25, -0.2) is 12.7 Å². The van der Waals surface area contributed by atoms with Gasteiger partial charge in [-0.1, -0.05) is 18.3 Å². The molecule has 9 heteroatoms. The van der Waals surface area contributed by atoms with Crippen LogP contribution in [0.2, 0.25) is 0 Å². The van der Waals surface area contributed by atoms with Gasteiger partial charge in [-0.05, 0) is 0 Å². The summed E-state index contributed by atoms with van der Waals surface area (Å²) in [5.41, 5.74) is -0.222. The lowest BCUT2D eigenvalue weighted by Crippen LogP contribution is -2.25. The van der Waals surface area contributed by atoms with Crippen LogP contribution in [0.3, 0.4) is 0 Å². The molecule has 0 aromatic carbocycles. The lowest BCUT2D eigenvalue weighted by molar-refractivity contribution is -0.383. The Morgan fingerprint density at radius 1 is 1.59 bits per heavy atom. The molecule has 1 aromatic heterocycles. The Hall–Kier alpha value is -1.19. The van der Waals surface area contributed by atoms with E-state index in [4.69, 9.17) is 0 Å². The topological polar surface area (TPSA) is 92.5 Å². The van der Waals surface area contributed by atoms with Gasteiger partial charge < -0.3 is 5.32 Å². The molecule has 96 valence electrons. The van der Waals surface area contributed by atoms with Crippen LogP contribution in [0.15, 0.2) is 10.3 Å². The highest BCUT2D eigenvalue weighted by Crippen LogP contribution is 2.37. The second kappa shape index (κ2) is 4.98. The molecule has 1 rings (SSSR count). The second-order valence-electron chi connectivity index (χ2n) is 3.21. The van der Waals surface area contributed by atoms with Gasteiger partial charge in [-0.2, -0.15) is 0 Å². The Morgan fingerprint density at radius 3 is 2.53 bits per heavy atom. The van der Waals surface area contributed by atoms with E-state index in [9.17, 15) is 18.5 Å². The van der Waals surface area contributed by atoms with Crippen LogP contribution in [0.25, 0.3) is 0 Å². The Morgan fingerprint density at radius 2 is 2.18 bits per heavy atom. The second-order valence-corrected chi connectivity index (χ2v) is 6.53. The smallest absolute Gasteiger partial charge is 0.304 e. The van der Waals surface area contributed by atoms with Crippen LogP contribution >= 0.6 is 11.3 Å². The van der Waals surface area contributed by atoms with E-state index in [-0.39, 0.29) is 14.9 Å². The van der Waals surface area contributed by atoms with Gasteiger partial charge in [0.05, 0.1) is 4.92 Å². The monoisotopic (exact) mass is 279 g/mol. The molecule has 0 fully saturated rings. The third-order valence-electron chi connectivity index (χ3n) is 2.22. The van der Waals surface area contributed by atoms with E-state index in [2.05, 4.69) is 5.32 Å². The van der Waals surface area contributed by atoms with Crippen molar-refractivity contribution in [2.45, 2.75) is 11.1 Å². The number of nitrogens with zero attached hydrogens (tertiary/aromatic N) is 2. The standard InChI is InChI=1S/C8H13N3O4S2/c1-4-10(3)17(14,15)7-5-6(11(12)13)8(9-2)16-7/h5,9H,4H2,1-3H3. The highest BCUT2D eigenvalue weighted by Gasteiger charge is 2.27. The van der Waals surface area contributed by atoms with Gasteiger partial charge in [-0.3, -0.25) is 10.1 Å². The molecule has 0 unspecified atom stereocenters. The maximum Gasteiger partial charge on any atom is 0.304 e. The first kappa shape index (κ1) is 13.9. The lowest BCUT2D eigenvalue weighted by atomic mass is 10.5. The fourth-order valence-corrected chi connectivity index (χ4v) is 3.80. The number of nitro groups is 1. The van der Waals surface area contributed by atoms with Crippen LogP contribution in [0.4, 0.5) is 10.7 Å². The van der Waals surface area contributed by atoms with Gasteiger partial charge in [0, 0.05) is 26.7 Å². The first-order chi connectivity index (χ1) is 7.84. The molecule has 1 N–H and O–H groups in total. The Kier molecular flexibility index (Phi) is 4.07. The zero-order valence-electron chi connectivity index (χ0n) is 9.63. The van der Waals surface area contributed by atoms with Crippen molar-refractivity contribution < 1.29 is 13.3 Å². The van der Waals surface area contributed by atoms with E-state index in [0.717, 1.165) is 21.7 Å². The molecule has 0 saturated carbocycles. The van der Waals surface area contributed by atoms with Gasteiger partial charge in [-0.15, -0.1) is 0 Å². The third kappa shape index (κ3) is 2.56. The zero-order chi connectivity index (χ0) is 13.2.